The molecule has 0 heterocycles. The molecule has 0 saturated carbocycles. The van der Waals surface area contributed by atoms with Crippen LogP contribution in [-0.2, 0) is 9.53 Å². The second-order valence-corrected chi connectivity index (χ2v) is 6.88. The number of hydrogen-bond donors (Lipinski definition) is 1. The highest BCUT2D eigenvalue weighted by molar-refractivity contribution is 6.30. The van der Waals surface area contributed by atoms with Gasteiger partial charge in [0.2, 0.25) is 0 Å². The van der Waals surface area contributed by atoms with Crippen molar-refractivity contribution in [1.82, 2.24) is 5.32 Å². The third kappa shape index (κ3) is 5.25. The highest BCUT2D eigenvalue weighted by atomic mass is 35.5. The molecule has 0 amide bonds. The van der Waals surface area contributed by atoms with E-state index in [1.165, 1.54) is 7.11 Å². The van der Waals surface area contributed by atoms with Crippen LogP contribution < -0.4 is 5.32 Å². The standard InChI is InChI=1S/C21H22ClNO4/c1-13(2)17(21(26)27-3)23-18(19(24)14-7-5-4-6-8-14)20(25)15-9-11-16(22)12-10-15/h4-13,17-18,23H,1-3H3. The summed E-state index contributed by atoms with van der Waals surface area (Å²) in [6, 6.07) is 12.7. The van der Waals surface area contributed by atoms with Crippen LogP contribution in [0.4, 0.5) is 0 Å². The van der Waals surface area contributed by atoms with E-state index in [4.69, 9.17) is 16.3 Å². The smallest absolute Gasteiger partial charge is 0.323 e. The Hall–Kier alpha value is -2.50. The zero-order chi connectivity index (χ0) is 20.0. The van der Waals surface area contributed by atoms with Gasteiger partial charge in [-0.15, -0.1) is 0 Å². The third-order valence-electron chi connectivity index (χ3n) is 4.18. The van der Waals surface area contributed by atoms with Crippen LogP contribution in [0.5, 0.6) is 0 Å². The Bertz CT molecular complexity index is 803. The van der Waals surface area contributed by atoms with Crippen molar-refractivity contribution in [1.29, 1.82) is 0 Å². The zero-order valence-corrected chi connectivity index (χ0v) is 16.2. The maximum Gasteiger partial charge on any atom is 0.323 e. The number of carbonyl (C=O) groups excluding carboxylic acids is 3. The minimum Gasteiger partial charge on any atom is -0.468 e. The van der Waals surface area contributed by atoms with Gasteiger partial charge in [-0.25, -0.2) is 0 Å². The van der Waals surface area contributed by atoms with Crippen molar-refractivity contribution in [3.63, 3.8) is 0 Å². The monoisotopic (exact) mass is 387 g/mol. The highest BCUT2D eigenvalue weighted by Crippen LogP contribution is 2.16. The summed E-state index contributed by atoms with van der Waals surface area (Å²) in [5, 5.41) is 3.39. The van der Waals surface area contributed by atoms with Crippen molar-refractivity contribution in [3.05, 3.63) is 70.7 Å². The summed E-state index contributed by atoms with van der Waals surface area (Å²) >= 11 is 5.89. The number of Topliss-reactive ketones (excluding diaryl/α,β-unsaturated/α-hetero) is 2. The van der Waals surface area contributed by atoms with E-state index in [2.05, 4.69) is 5.32 Å². The van der Waals surface area contributed by atoms with E-state index in [1.54, 1.807) is 54.6 Å². The molecule has 142 valence electrons. The number of ketones is 2. The predicted molar refractivity (Wildman–Crippen MR) is 104 cm³/mol. The number of nitrogens with one attached hydrogen (secondary N) is 1. The van der Waals surface area contributed by atoms with Gasteiger partial charge in [-0.2, -0.15) is 0 Å². The molecule has 2 aromatic carbocycles. The van der Waals surface area contributed by atoms with Crippen LogP contribution in [0.3, 0.4) is 0 Å². The minimum atomic E-state index is -1.22. The number of benzene rings is 2. The van der Waals surface area contributed by atoms with Gasteiger partial charge in [0, 0.05) is 16.1 Å². The molecule has 0 bridgehead atoms. The van der Waals surface area contributed by atoms with Gasteiger partial charge in [0.15, 0.2) is 11.6 Å². The van der Waals surface area contributed by atoms with E-state index in [1.807, 2.05) is 13.8 Å². The number of esters is 1. The Morgan fingerprint density at radius 3 is 1.89 bits per heavy atom. The Kier molecular flexibility index (Phi) is 7.28. The van der Waals surface area contributed by atoms with Gasteiger partial charge in [0.25, 0.3) is 0 Å². The van der Waals surface area contributed by atoms with Crippen LogP contribution >= 0.6 is 11.6 Å². The number of ether oxygens (including phenoxy) is 1. The van der Waals surface area contributed by atoms with Gasteiger partial charge in [0.05, 0.1) is 7.11 Å². The SMILES string of the molecule is COC(=O)C(NC(C(=O)c1ccccc1)C(=O)c1ccc(Cl)cc1)C(C)C. The fourth-order valence-electron chi connectivity index (χ4n) is 2.66. The summed E-state index contributed by atoms with van der Waals surface area (Å²) in [5.41, 5.74) is 0.707. The molecule has 0 spiro atoms. The maximum atomic E-state index is 13.1. The lowest BCUT2D eigenvalue weighted by Gasteiger charge is -2.25. The molecule has 0 fully saturated rings. The maximum absolute atomic E-state index is 13.1. The van der Waals surface area contributed by atoms with Gasteiger partial charge in [-0.3, -0.25) is 19.7 Å². The van der Waals surface area contributed by atoms with E-state index < -0.39 is 29.6 Å². The van der Waals surface area contributed by atoms with Gasteiger partial charge < -0.3 is 4.74 Å². The predicted octanol–water partition coefficient (Wildman–Crippen LogP) is 3.56. The molecule has 2 unspecified atom stereocenters. The van der Waals surface area contributed by atoms with Gasteiger partial charge in [-0.1, -0.05) is 55.8 Å². The summed E-state index contributed by atoms with van der Waals surface area (Å²) < 4.78 is 4.82. The summed E-state index contributed by atoms with van der Waals surface area (Å²) in [6.07, 6.45) is 0. The first kappa shape index (κ1) is 20.8. The van der Waals surface area contributed by atoms with Crippen molar-refractivity contribution in [2.24, 2.45) is 5.92 Å². The molecule has 0 aromatic heterocycles. The van der Waals surface area contributed by atoms with Crippen LogP contribution in [0, 0.1) is 5.92 Å². The van der Waals surface area contributed by atoms with Crippen molar-refractivity contribution < 1.29 is 19.1 Å². The third-order valence-corrected chi connectivity index (χ3v) is 4.43. The summed E-state index contributed by atoms with van der Waals surface area (Å²) in [4.78, 5) is 38.2. The summed E-state index contributed by atoms with van der Waals surface area (Å²) in [7, 11) is 1.27. The van der Waals surface area contributed by atoms with Crippen molar-refractivity contribution >= 4 is 29.1 Å². The molecule has 0 radical (unpaired) electrons. The molecule has 2 atom stereocenters. The topological polar surface area (TPSA) is 72.5 Å². The number of hydrogen-bond acceptors (Lipinski definition) is 5. The summed E-state index contributed by atoms with van der Waals surface area (Å²) in [5.74, 6) is -1.55. The molecule has 5 nitrogen and oxygen atoms in total. The number of carbonyl (C=O) groups is 3. The van der Waals surface area contributed by atoms with Crippen LogP contribution in [0.15, 0.2) is 54.6 Å². The van der Waals surface area contributed by atoms with Crippen LogP contribution in [0.1, 0.15) is 34.6 Å². The van der Waals surface area contributed by atoms with Crippen LogP contribution in [-0.4, -0.2) is 36.7 Å². The highest BCUT2D eigenvalue weighted by Gasteiger charge is 2.34. The summed E-state index contributed by atoms with van der Waals surface area (Å²) in [6.45, 7) is 3.62. The fraction of sp³-hybridized carbons (Fsp3) is 0.286. The van der Waals surface area contributed by atoms with Gasteiger partial charge in [0.1, 0.15) is 12.1 Å². The average molecular weight is 388 g/mol. The van der Waals surface area contributed by atoms with E-state index >= 15 is 0 Å². The second-order valence-electron chi connectivity index (χ2n) is 6.45. The Labute approximate surface area is 163 Å². The van der Waals surface area contributed by atoms with Crippen molar-refractivity contribution in [3.8, 4) is 0 Å². The molecule has 27 heavy (non-hydrogen) atoms. The molecular weight excluding hydrogens is 366 g/mol. The average Bonchev–Trinajstić information content (AvgIpc) is 2.68. The lowest BCUT2D eigenvalue weighted by Crippen LogP contribution is -2.53. The van der Waals surface area contributed by atoms with Crippen LogP contribution in [0.2, 0.25) is 5.02 Å². The molecule has 0 aliphatic carbocycles. The zero-order valence-electron chi connectivity index (χ0n) is 15.4. The van der Waals surface area contributed by atoms with E-state index in [-0.39, 0.29) is 5.92 Å². The first-order valence-electron chi connectivity index (χ1n) is 8.58. The molecule has 6 heteroatoms. The van der Waals surface area contributed by atoms with Crippen molar-refractivity contribution in [2.45, 2.75) is 25.9 Å². The number of rotatable bonds is 8. The van der Waals surface area contributed by atoms with E-state index in [9.17, 15) is 14.4 Å². The molecule has 0 aliphatic heterocycles. The quantitative estimate of drug-likeness (QED) is 0.426. The molecule has 0 saturated heterocycles. The van der Waals surface area contributed by atoms with Gasteiger partial charge in [-0.05, 0) is 30.2 Å². The van der Waals surface area contributed by atoms with E-state index in [0.29, 0.717) is 16.1 Å². The lowest BCUT2D eigenvalue weighted by molar-refractivity contribution is -0.144. The first-order valence-corrected chi connectivity index (χ1v) is 8.96. The fourth-order valence-corrected chi connectivity index (χ4v) is 2.79. The second kappa shape index (κ2) is 9.44. The van der Waals surface area contributed by atoms with E-state index in [0.717, 1.165) is 0 Å². The molecule has 0 aliphatic rings. The first-order chi connectivity index (χ1) is 12.8. The van der Waals surface area contributed by atoms with Crippen molar-refractivity contribution in [2.75, 3.05) is 7.11 Å². The number of methoxy groups -OCH3 is 1. The lowest BCUT2D eigenvalue weighted by atomic mass is 9.94. The van der Waals surface area contributed by atoms with Crippen LogP contribution in [0.25, 0.3) is 0 Å². The largest absolute Gasteiger partial charge is 0.468 e. The minimum absolute atomic E-state index is 0.179. The molecular formula is C21H22ClNO4. The Morgan fingerprint density at radius 1 is 0.889 bits per heavy atom. The Morgan fingerprint density at radius 2 is 1.41 bits per heavy atom. The molecule has 1 N–H and O–H groups in total. The van der Waals surface area contributed by atoms with Gasteiger partial charge >= 0.3 is 5.97 Å². The normalized spacial score (nSPS) is 13.1. The molecule has 2 rings (SSSR count). The molecule has 2 aromatic rings. The number of halogens is 1. The Balaban J connectivity index is 2.41.